The molecule has 94 valence electrons. The number of nitrogens with zero attached hydrogens (tertiary/aromatic N) is 1. The van der Waals surface area contributed by atoms with E-state index in [4.69, 9.17) is 0 Å². The highest BCUT2D eigenvalue weighted by Gasteiger charge is 2.32. The highest BCUT2D eigenvalue weighted by Crippen LogP contribution is 2.28. The molecule has 1 saturated heterocycles. The molecule has 0 aromatic rings. The first-order valence-corrected chi connectivity index (χ1v) is 7.26. The van der Waals surface area contributed by atoms with Crippen LogP contribution in [0.3, 0.4) is 0 Å². The van der Waals surface area contributed by atoms with Gasteiger partial charge in [0, 0.05) is 18.1 Å². The lowest BCUT2D eigenvalue weighted by atomic mass is 9.91. The monoisotopic (exact) mass is 224 g/mol. The molecule has 0 amide bonds. The van der Waals surface area contributed by atoms with Crippen LogP contribution >= 0.6 is 0 Å². The SMILES string of the molecule is CNC1CCCCCCC1N1CCCC1C. The molecule has 2 rings (SSSR count). The Balaban J connectivity index is 2.00. The molecule has 0 bridgehead atoms. The Bertz CT molecular complexity index is 205. The second-order valence-electron chi connectivity index (χ2n) is 5.68. The molecule has 0 aromatic heterocycles. The summed E-state index contributed by atoms with van der Waals surface area (Å²) in [6, 6.07) is 2.36. The summed E-state index contributed by atoms with van der Waals surface area (Å²) < 4.78 is 0. The Hall–Kier alpha value is -0.0800. The maximum absolute atomic E-state index is 3.58. The van der Waals surface area contributed by atoms with E-state index in [-0.39, 0.29) is 0 Å². The first-order chi connectivity index (χ1) is 7.83. The van der Waals surface area contributed by atoms with E-state index in [9.17, 15) is 0 Å². The Morgan fingerprint density at radius 1 is 0.938 bits per heavy atom. The fraction of sp³-hybridized carbons (Fsp3) is 1.00. The first kappa shape index (κ1) is 12.4. The molecule has 1 saturated carbocycles. The smallest absolute Gasteiger partial charge is 0.0252 e. The summed E-state index contributed by atoms with van der Waals surface area (Å²) in [5, 5.41) is 3.58. The van der Waals surface area contributed by atoms with E-state index in [2.05, 4.69) is 24.2 Å². The van der Waals surface area contributed by atoms with Gasteiger partial charge in [0.05, 0.1) is 0 Å². The van der Waals surface area contributed by atoms with Crippen molar-refractivity contribution in [2.45, 2.75) is 76.4 Å². The van der Waals surface area contributed by atoms with Crippen LogP contribution < -0.4 is 5.32 Å². The fourth-order valence-corrected chi connectivity index (χ4v) is 3.65. The third-order valence-corrected chi connectivity index (χ3v) is 4.63. The highest BCUT2D eigenvalue weighted by molar-refractivity contribution is 4.90. The predicted molar refractivity (Wildman–Crippen MR) is 69.7 cm³/mol. The lowest BCUT2D eigenvalue weighted by Crippen LogP contribution is -2.50. The molecule has 1 heterocycles. The Morgan fingerprint density at radius 2 is 1.69 bits per heavy atom. The second-order valence-corrected chi connectivity index (χ2v) is 5.68. The van der Waals surface area contributed by atoms with Gasteiger partial charge in [-0.15, -0.1) is 0 Å². The zero-order valence-corrected chi connectivity index (χ0v) is 11.0. The minimum atomic E-state index is 0.737. The molecule has 3 unspecified atom stereocenters. The molecule has 0 aromatic carbocycles. The zero-order valence-electron chi connectivity index (χ0n) is 11.0. The molecular formula is C14H28N2. The lowest BCUT2D eigenvalue weighted by molar-refractivity contribution is 0.131. The summed E-state index contributed by atoms with van der Waals surface area (Å²) in [5.41, 5.74) is 0. The van der Waals surface area contributed by atoms with Crippen molar-refractivity contribution in [1.29, 1.82) is 0 Å². The van der Waals surface area contributed by atoms with Crippen LogP contribution in [0.4, 0.5) is 0 Å². The van der Waals surface area contributed by atoms with Crippen molar-refractivity contribution in [3.8, 4) is 0 Å². The average Bonchev–Trinajstić information content (AvgIpc) is 2.65. The summed E-state index contributed by atoms with van der Waals surface area (Å²) in [4.78, 5) is 2.78. The van der Waals surface area contributed by atoms with Gasteiger partial charge in [0.2, 0.25) is 0 Å². The van der Waals surface area contributed by atoms with Crippen LogP contribution in [0.2, 0.25) is 0 Å². The van der Waals surface area contributed by atoms with E-state index in [0.29, 0.717) is 0 Å². The van der Waals surface area contributed by atoms with Crippen LogP contribution in [0.5, 0.6) is 0 Å². The molecular weight excluding hydrogens is 196 g/mol. The molecule has 2 heteroatoms. The van der Waals surface area contributed by atoms with Gasteiger partial charge < -0.3 is 5.32 Å². The Labute approximate surface area is 101 Å². The molecule has 16 heavy (non-hydrogen) atoms. The van der Waals surface area contributed by atoms with Crippen LogP contribution in [0.1, 0.15) is 58.3 Å². The van der Waals surface area contributed by atoms with E-state index in [1.54, 1.807) is 0 Å². The third-order valence-electron chi connectivity index (χ3n) is 4.63. The van der Waals surface area contributed by atoms with E-state index >= 15 is 0 Å². The van der Waals surface area contributed by atoms with Crippen LogP contribution in [-0.4, -0.2) is 36.6 Å². The number of hydrogen-bond acceptors (Lipinski definition) is 2. The number of nitrogens with one attached hydrogen (secondary N) is 1. The highest BCUT2D eigenvalue weighted by atomic mass is 15.2. The molecule has 3 atom stereocenters. The Morgan fingerprint density at radius 3 is 2.31 bits per heavy atom. The van der Waals surface area contributed by atoms with E-state index < -0.39 is 0 Å². The van der Waals surface area contributed by atoms with Crippen molar-refractivity contribution >= 4 is 0 Å². The molecule has 2 nitrogen and oxygen atoms in total. The molecule has 1 aliphatic carbocycles. The van der Waals surface area contributed by atoms with Crippen molar-refractivity contribution in [3.63, 3.8) is 0 Å². The number of rotatable bonds is 2. The number of likely N-dealkylation sites (tertiary alicyclic amines) is 1. The van der Waals surface area contributed by atoms with Crippen LogP contribution in [-0.2, 0) is 0 Å². The summed E-state index contributed by atoms with van der Waals surface area (Å²) in [6.07, 6.45) is 11.4. The predicted octanol–water partition coefficient (Wildman–Crippen LogP) is 2.78. The molecule has 0 spiro atoms. The average molecular weight is 224 g/mol. The molecule has 2 aliphatic rings. The maximum atomic E-state index is 3.58. The second kappa shape index (κ2) is 6.02. The largest absolute Gasteiger partial charge is 0.315 e. The standard InChI is InChI=1S/C14H28N2/c1-12-8-7-11-16(12)14-10-6-4-3-5-9-13(14)15-2/h12-15H,3-11H2,1-2H3. The Kier molecular flexibility index (Phi) is 4.66. The molecule has 0 radical (unpaired) electrons. The van der Waals surface area contributed by atoms with Gasteiger partial charge in [-0.2, -0.15) is 0 Å². The summed E-state index contributed by atoms with van der Waals surface area (Å²) in [7, 11) is 2.15. The zero-order chi connectivity index (χ0) is 11.4. The van der Waals surface area contributed by atoms with Crippen molar-refractivity contribution in [3.05, 3.63) is 0 Å². The normalized spacial score (nSPS) is 38.2. The number of likely N-dealkylation sites (N-methyl/N-ethyl adjacent to an activating group) is 1. The van der Waals surface area contributed by atoms with Gasteiger partial charge in [0.1, 0.15) is 0 Å². The number of hydrogen-bond donors (Lipinski definition) is 1. The quantitative estimate of drug-likeness (QED) is 0.776. The minimum Gasteiger partial charge on any atom is -0.315 e. The van der Waals surface area contributed by atoms with Gasteiger partial charge in [0.15, 0.2) is 0 Å². The van der Waals surface area contributed by atoms with E-state index in [1.807, 2.05) is 0 Å². The van der Waals surface area contributed by atoms with Gasteiger partial charge in [-0.25, -0.2) is 0 Å². The molecule has 1 N–H and O–H groups in total. The van der Waals surface area contributed by atoms with Crippen LogP contribution in [0, 0.1) is 0 Å². The lowest BCUT2D eigenvalue weighted by Gasteiger charge is -2.38. The minimum absolute atomic E-state index is 0.737. The maximum Gasteiger partial charge on any atom is 0.0252 e. The van der Waals surface area contributed by atoms with Crippen molar-refractivity contribution in [2.75, 3.05) is 13.6 Å². The third kappa shape index (κ3) is 2.78. The first-order valence-electron chi connectivity index (χ1n) is 7.26. The van der Waals surface area contributed by atoms with E-state index in [1.165, 1.54) is 57.9 Å². The van der Waals surface area contributed by atoms with Gasteiger partial charge in [0.25, 0.3) is 0 Å². The molecule has 2 fully saturated rings. The van der Waals surface area contributed by atoms with Crippen LogP contribution in [0.15, 0.2) is 0 Å². The van der Waals surface area contributed by atoms with Crippen molar-refractivity contribution < 1.29 is 0 Å². The fourth-order valence-electron chi connectivity index (χ4n) is 3.65. The summed E-state index contributed by atoms with van der Waals surface area (Å²) >= 11 is 0. The van der Waals surface area contributed by atoms with Crippen LogP contribution in [0.25, 0.3) is 0 Å². The summed E-state index contributed by atoms with van der Waals surface area (Å²) in [6.45, 7) is 3.75. The van der Waals surface area contributed by atoms with Gasteiger partial charge in [-0.3, -0.25) is 4.90 Å². The van der Waals surface area contributed by atoms with Crippen molar-refractivity contribution in [1.82, 2.24) is 10.2 Å². The van der Waals surface area contributed by atoms with Gasteiger partial charge >= 0.3 is 0 Å². The van der Waals surface area contributed by atoms with Gasteiger partial charge in [-0.05, 0) is 46.2 Å². The van der Waals surface area contributed by atoms with Gasteiger partial charge in [-0.1, -0.05) is 25.7 Å². The summed E-state index contributed by atoms with van der Waals surface area (Å²) in [5.74, 6) is 0. The molecule has 1 aliphatic heterocycles. The van der Waals surface area contributed by atoms with E-state index in [0.717, 1.165) is 18.1 Å². The topological polar surface area (TPSA) is 15.3 Å². The van der Waals surface area contributed by atoms with Crippen molar-refractivity contribution in [2.24, 2.45) is 0 Å².